The van der Waals surface area contributed by atoms with Gasteiger partial charge in [0.1, 0.15) is 19.3 Å². The van der Waals surface area contributed by atoms with Crippen LogP contribution in [0.4, 0.5) is 0 Å². The Kier molecular flexibility index (Phi) is 65.5. The highest BCUT2D eigenvalue weighted by molar-refractivity contribution is 7.47. The van der Waals surface area contributed by atoms with E-state index in [0.29, 0.717) is 25.7 Å². The van der Waals surface area contributed by atoms with Crippen molar-refractivity contribution in [2.75, 3.05) is 39.6 Å². The first-order valence-corrected chi connectivity index (χ1v) is 42.0. The van der Waals surface area contributed by atoms with E-state index in [9.17, 15) is 43.2 Å². The minimum atomic E-state index is -4.96. The van der Waals surface area contributed by atoms with Gasteiger partial charge in [-0.05, 0) is 37.5 Å². The second-order valence-corrected chi connectivity index (χ2v) is 30.7. The molecule has 0 rings (SSSR count). The quantitative estimate of drug-likeness (QED) is 0.0222. The van der Waals surface area contributed by atoms with Crippen LogP contribution < -0.4 is 0 Å². The largest absolute Gasteiger partial charge is 0.472 e. The summed E-state index contributed by atoms with van der Waals surface area (Å²) < 4.78 is 68.5. The van der Waals surface area contributed by atoms with Crippen LogP contribution in [0.3, 0.4) is 0 Å². The first-order valence-electron chi connectivity index (χ1n) is 39.0. The molecule has 19 heteroatoms. The van der Waals surface area contributed by atoms with Crippen molar-refractivity contribution in [1.29, 1.82) is 0 Å². The highest BCUT2D eigenvalue weighted by Crippen LogP contribution is 2.45. The molecule has 6 atom stereocenters. The van der Waals surface area contributed by atoms with E-state index in [4.69, 9.17) is 37.0 Å². The topological polar surface area (TPSA) is 237 Å². The number of phosphoric acid groups is 2. The van der Waals surface area contributed by atoms with Crippen LogP contribution in [0.5, 0.6) is 0 Å². The first kappa shape index (κ1) is 92.1. The van der Waals surface area contributed by atoms with Crippen LogP contribution in [0.15, 0.2) is 0 Å². The van der Waals surface area contributed by atoms with Gasteiger partial charge < -0.3 is 33.8 Å². The number of carbonyl (C=O) groups is 4. The molecule has 0 spiro atoms. The van der Waals surface area contributed by atoms with Crippen LogP contribution in [0.25, 0.3) is 0 Å². The minimum Gasteiger partial charge on any atom is -0.462 e. The van der Waals surface area contributed by atoms with Gasteiger partial charge in [0.25, 0.3) is 0 Å². The van der Waals surface area contributed by atoms with Crippen molar-refractivity contribution in [2.24, 2.45) is 11.8 Å². The molecule has 0 aromatic carbocycles. The molecule has 0 radical (unpaired) electrons. The summed E-state index contributed by atoms with van der Waals surface area (Å²) in [6.45, 7) is 9.61. The summed E-state index contributed by atoms with van der Waals surface area (Å²) in [5.41, 5.74) is 0. The van der Waals surface area contributed by atoms with Crippen LogP contribution >= 0.6 is 15.6 Å². The molecule has 0 aromatic rings. The molecule has 0 aliphatic carbocycles. The molecule has 0 aromatic heterocycles. The lowest BCUT2D eigenvalue weighted by Gasteiger charge is -2.21. The molecular formula is C75H146O17P2. The minimum absolute atomic E-state index is 0.105. The van der Waals surface area contributed by atoms with E-state index in [2.05, 4.69) is 41.5 Å². The lowest BCUT2D eigenvalue weighted by molar-refractivity contribution is -0.161. The highest BCUT2D eigenvalue weighted by atomic mass is 31.2. The molecule has 0 bridgehead atoms. The van der Waals surface area contributed by atoms with Crippen LogP contribution in [-0.2, 0) is 65.4 Å². The van der Waals surface area contributed by atoms with Gasteiger partial charge >= 0.3 is 39.5 Å². The van der Waals surface area contributed by atoms with Gasteiger partial charge in [0.2, 0.25) is 0 Å². The molecule has 0 fully saturated rings. The molecule has 3 N–H and O–H groups in total. The Morgan fingerprint density at radius 3 is 0.809 bits per heavy atom. The standard InChI is InChI=1S/C75H146O17P2/c1-7-10-12-14-16-18-20-21-25-29-33-40-46-52-58-73(78)86-63-70(91-74(79)59-53-47-41-34-30-26-23-22-24-28-31-37-43-49-55-67(4)5)65-89-93(81,82)87-61-69(76)62-88-94(83,84)90-66-71(64-85-72(77)57-51-45-39-32-27-19-17-15-13-11-8-2)92-75(80)60-54-48-42-36-35-38-44-50-56-68(6)9-3/h67-71,76H,7-66H2,1-6H3,(H,81,82)(H,83,84)/t68?,69-,70-,71-/m1/s1. The van der Waals surface area contributed by atoms with Gasteiger partial charge in [0.15, 0.2) is 12.2 Å². The molecule has 0 aliphatic rings. The summed E-state index contributed by atoms with van der Waals surface area (Å²) in [6.07, 6.45) is 53.9. The second-order valence-electron chi connectivity index (χ2n) is 27.8. The zero-order valence-electron chi connectivity index (χ0n) is 61.3. The Morgan fingerprint density at radius 2 is 0.543 bits per heavy atom. The van der Waals surface area contributed by atoms with E-state index in [-0.39, 0.29) is 25.7 Å². The van der Waals surface area contributed by atoms with Crippen molar-refractivity contribution in [3.63, 3.8) is 0 Å². The number of rotatable bonds is 74. The van der Waals surface area contributed by atoms with Gasteiger partial charge in [-0.1, -0.05) is 337 Å². The number of hydrogen-bond donors (Lipinski definition) is 3. The monoisotopic (exact) mass is 1380 g/mol. The number of hydrogen-bond acceptors (Lipinski definition) is 15. The van der Waals surface area contributed by atoms with Crippen molar-refractivity contribution in [3.05, 3.63) is 0 Å². The first-order chi connectivity index (χ1) is 45.4. The van der Waals surface area contributed by atoms with Crippen molar-refractivity contribution < 1.29 is 80.2 Å². The predicted octanol–water partition coefficient (Wildman–Crippen LogP) is 21.9. The van der Waals surface area contributed by atoms with Crippen LogP contribution in [-0.4, -0.2) is 96.7 Å². The summed E-state index contributed by atoms with van der Waals surface area (Å²) in [5.74, 6) is -0.551. The summed E-state index contributed by atoms with van der Waals surface area (Å²) in [5, 5.41) is 10.6. The van der Waals surface area contributed by atoms with Gasteiger partial charge in [-0.15, -0.1) is 0 Å². The lowest BCUT2D eigenvalue weighted by Crippen LogP contribution is -2.30. The highest BCUT2D eigenvalue weighted by Gasteiger charge is 2.30. The maximum Gasteiger partial charge on any atom is 0.472 e. The maximum absolute atomic E-state index is 13.1. The molecule has 0 saturated carbocycles. The van der Waals surface area contributed by atoms with Crippen molar-refractivity contribution in [2.45, 2.75) is 407 Å². The number of aliphatic hydroxyl groups is 1. The van der Waals surface area contributed by atoms with Gasteiger partial charge in [-0.2, -0.15) is 0 Å². The Bertz CT molecular complexity index is 1820. The third kappa shape index (κ3) is 67.3. The van der Waals surface area contributed by atoms with Gasteiger partial charge in [0.05, 0.1) is 26.4 Å². The predicted molar refractivity (Wildman–Crippen MR) is 381 cm³/mol. The Hall–Kier alpha value is -1.94. The second kappa shape index (κ2) is 66.9. The van der Waals surface area contributed by atoms with Crippen molar-refractivity contribution >= 4 is 39.5 Å². The molecule has 0 amide bonds. The third-order valence-corrected chi connectivity index (χ3v) is 19.7. The fourth-order valence-corrected chi connectivity index (χ4v) is 13.0. The van der Waals surface area contributed by atoms with Gasteiger partial charge in [0, 0.05) is 25.7 Å². The molecule has 17 nitrogen and oxygen atoms in total. The number of ether oxygens (including phenoxy) is 4. The number of phosphoric ester groups is 2. The third-order valence-electron chi connectivity index (χ3n) is 17.8. The fourth-order valence-electron chi connectivity index (χ4n) is 11.4. The van der Waals surface area contributed by atoms with Crippen LogP contribution in [0.1, 0.15) is 388 Å². The average molecular weight is 1380 g/mol. The van der Waals surface area contributed by atoms with E-state index < -0.39 is 97.5 Å². The van der Waals surface area contributed by atoms with Crippen LogP contribution in [0, 0.1) is 11.8 Å². The van der Waals surface area contributed by atoms with E-state index in [0.717, 1.165) is 102 Å². The zero-order chi connectivity index (χ0) is 69.3. The van der Waals surface area contributed by atoms with E-state index >= 15 is 0 Å². The molecule has 94 heavy (non-hydrogen) atoms. The molecule has 0 saturated heterocycles. The Morgan fingerprint density at radius 1 is 0.309 bits per heavy atom. The molecule has 558 valence electrons. The maximum atomic E-state index is 13.1. The number of carbonyl (C=O) groups excluding carboxylic acids is 4. The van der Waals surface area contributed by atoms with Gasteiger partial charge in [-0.25, -0.2) is 9.13 Å². The van der Waals surface area contributed by atoms with E-state index in [1.807, 2.05) is 0 Å². The smallest absolute Gasteiger partial charge is 0.462 e. The van der Waals surface area contributed by atoms with Gasteiger partial charge in [-0.3, -0.25) is 37.3 Å². The number of esters is 4. The normalized spacial score (nSPS) is 14.3. The SMILES string of the molecule is CCCCCCCCCCCCCCCCC(=O)OC[C@H](COP(=O)(O)OC[C@@H](O)COP(=O)(O)OC[C@@H](COC(=O)CCCCCCCCCCCCC)OC(=O)CCCCCCCCCCC(C)CC)OC(=O)CCCCCCCCCCCCCCCCC(C)C. The summed E-state index contributed by atoms with van der Waals surface area (Å²) in [4.78, 5) is 72.8. The molecule has 3 unspecified atom stereocenters. The molecule has 0 heterocycles. The molecule has 0 aliphatic heterocycles. The number of aliphatic hydroxyl groups excluding tert-OH is 1. The summed E-state index contributed by atoms with van der Waals surface area (Å²) in [6, 6.07) is 0. The molecular weight excluding hydrogens is 1230 g/mol. The zero-order valence-corrected chi connectivity index (χ0v) is 63.1. The van der Waals surface area contributed by atoms with E-state index in [1.54, 1.807) is 0 Å². The van der Waals surface area contributed by atoms with Crippen LogP contribution in [0.2, 0.25) is 0 Å². The Labute approximate surface area is 575 Å². The Balaban J connectivity index is 5.25. The summed E-state index contributed by atoms with van der Waals surface area (Å²) in [7, 11) is -9.91. The van der Waals surface area contributed by atoms with E-state index in [1.165, 1.54) is 205 Å². The fraction of sp³-hybridized carbons (Fsp3) is 0.947. The van der Waals surface area contributed by atoms with Crippen molar-refractivity contribution in [1.82, 2.24) is 0 Å². The van der Waals surface area contributed by atoms with Crippen molar-refractivity contribution in [3.8, 4) is 0 Å². The lowest BCUT2D eigenvalue weighted by atomic mass is 9.99. The summed E-state index contributed by atoms with van der Waals surface area (Å²) >= 11 is 0. The number of unbranched alkanes of at least 4 members (excludes halogenated alkanes) is 43. The average Bonchev–Trinajstić information content (AvgIpc) is 1.51.